The van der Waals surface area contributed by atoms with Crippen molar-refractivity contribution in [3.8, 4) is 5.75 Å². The van der Waals surface area contributed by atoms with Crippen LogP contribution in [0, 0.1) is 0 Å². The zero-order valence-electron chi connectivity index (χ0n) is 14.0. The molecule has 0 atom stereocenters. The molecule has 7 nitrogen and oxygen atoms in total. The lowest BCUT2D eigenvalue weighted by atomic mass is 10.2. The van der Waals surface area contributed by atoms with Crippen LogP contribution in [0.15, 0.2) is 62.3 Å². The first-order chi connectivity index (χ1) is 12.7. The van der Waals surface area contributed by atoms with E-state index in [2.05, 4.69) is 10.1 Å². The van der Waals surface area contributed by atoms with Crippen LogP contribution in [-0.4, -0.2) is 21.8 Å². The number of methoxy groups -OCH3 is 1. The fourth-order valence-corrected chi connectivity index (χ4v) is 2.59. The second kappa shape index (κ2) is 6.72. The van der Waals surface area contributed by atoms with Crippen LogP contribution < -0.4 is 10.5 Å². The third-order valence-electron chi connectivity index (χ3n) is 3.89. The summed E-state index contributed by atoms with van der Waals surface area (Å²) in [6.07, 6.45) is 3.57. The lowest BCUT2D eigenvalue weighted by Crippen LogP contribution is -2.15. The number of hydrogen-bond acceptors (Lipinski definition) is 6. The summed E-state index contributed by atoms with van der Waals surface area (Å²) in [7, 11) is 1.62. The highest BCUT2D eigenvalue weighted by Crippen LogP contribution is 2.15. The molecule has 0 spiro atoms. The zero-order valence-corrected chi connectivity index (χ0v) is 14.0. The summed E-state index contributed by atoms with van der Waals surface area (Å²) in [5, 5.41) is 3.92. The van der Waals surface area contributed by atoms with Gasteiger partial charge >= 0.3 is 5.76 Å². The summed E-state index contributed by atoms with van der Waals surface area (Å²) in [5.41, 5.74) is 2.20. The molecule has 7 heteroatoms. The van der Waals surface area contributed by atoms with Crippen molar-refractivity contribution >= 4 is 23.3 Å². The highest BCUT2D eigenvalue weighted by Gasteiger charge is 2.12. The van der Waals surface area contributed by atoms with Crippen molar-refractivity contribution in [2.24, 2.45) is 0 Å². The zero-order chi connectivity index (χ0) is 17.9. The first-order valence-corrected chi connectivity index (χ1v) is 7.96. The Morgan fingerprint density at radius 3 is 2.73 bits per heavy atom. The van der Waals surface area contributed by atoms with Gasteiger partial charge in [0.1, 0.15) is 5.75 Å². The molecule has 0 N–H and O–H groups in total. The van der Waals surface area contributed by atoms with E-state index < -0.39 is 5.76 Å². The fraction of sp³-hybridized carbons (Fsp3) is 0.105. The third-order valence-corrected chi connectivity index (χ3v) is 3.89. The number of para-hydroxylation sites is 2. The molecule has 0 fully saturated rings. The second-order valence-electron chi connectivity index (χ2n) is 5.58. The van der Waals surface area contributed by atoms with Gasteiger partial charge in [-0.1, -0.05) is 29.4 Å². The van der Waals surface area contributed by atoms with E-state index in [1.807, 2.05) is 48.5 Å². The average Bonchev–Trinajstić information content (AvgIpc) is 3.25. The normalized spacial score (nSPS) is 11.4. The molecule has 2 aromatic carbocycles. The summed E-state index contributed by atoms with van der Waals surface area (Å²) >= 11 is 0. The number of rotatable bonds is 5. The van der Waals surface area contributed by atoms with Gasteiger partial charge in [-0.3, -0.25) is 4.57 Å². The molecular formula is C19H15N3O4. The Morgan fingerprint density at radius 2 is 1.92 bits per heavy atom. The van der Waals surface area contributed by atoms with Crippen molar-refractivity contribution in [3.63, 3.8) is 0 Å². The SMILES string of the molecule is COc1ccc(/C=C/c2nc(Cn3c(=O)oc4ccccc43)no2)cc1. The van der Waals surface area contributed by atoms with Crippen molar-refractivity contribution in [2.45, 2.75) is 6.54 Å². The second-order valence-corrected chi connectivity index (χ2v) is 5.58. The van der Waals surface area contributed by atoms with Crippen molar-refractivity contribution < 1.29 is 13.7 Å². The Morgan fingerprint density at radius 1 is 1.12 bits per heavy atom. The molecular weight excluding hydrogens is 334 g/mol. The summed E-state index contributed by atoms with van der Waals surface area (Å²) in [6.45, 7) is 0.176. The monoisotopic (exact) mass is 349 g/mol. The summed E-state index contributed by atoms with van der Waals surface area (Å²) < 4.78 is 17.0. The maximum Gasteiger partial charge on any atom is 0.420 e. The predicted molar refractivity (Wildman–Crippen MR) is 95.8 cm³/mol. The lowest BCUT2D eigenvalue weighted by Gasteiger charge is -1.98. The fourth-order valence-electron chi connectivity index (χ4n) is 2.59. The van der Waals surface area contributed by atoms with Gasteiger partial charge in [-0.15, -0.1) is 0 Å². The van der Waals surface area contributed by atoms with Crippen molar-refractivity contribution in [2.75, 3.05) is 7.11 Å². The highest BCUT2D eigenvalue weighted by molar-refractivity contribution is 5.72. The Labute approximate surface area is 148 Å². The van der Waals surface area contributed by atoms with Gasteiger partial charge in [0, 0.05) is 6.08 Å². The van der Waals surface area contributed by atoms with E-state index in [4.69, 9.17) is 13.7 Å². The molecule has 2 heterocycles. The van der Waals surface area contributed by atoms with Crippen LogP contribution in [0.25, 0.3) is 23.3 Å². The Bertz CT molecular complexity index is 1120. The smallest absolute Gasteiger partial charge is 0.420 e. The molecule has 0 saturated carbocycles. The van der Waals surface area contributed by atoms with E-state index in [0.717, 1.165) is 11.3 Å². The van der Waals surface area contributed by atoms with Crippen LogP contribution in [0.2, 0.25) is 0 Å². The van der Waals surface area contributed by atoms with E-state index in [1.165, 1.54) is 4.57 Å². The largest absolute Gasteiger partial charge is 0.497 e. The molecule has 0 radical (unpaired) electrons. The number of nitrogens with zero attached hydrogens (tertiary/aromatic N) is 3. The minimum Gasteiger partial charge on any atom is -0.497 e. The standard InChI is InChI=1S/C19H15N3O4/c1-24-14-9-6-13(7-10-14)8-11-18-20-17(21-26-18)12-22-15-4-2-3-5-16(15)25-19(22)23/h2-11H,12H2,1H3/b11-8+. The molecule has 0 aliphatic carbocycles. The minimum atomic E-state index is -0.452. The van der Waals surface area contributed by atoms with Gasteiger partial charge in [0.25, 0.3) is 5.89 Å². The molecule has 4 rings (SSSR count). The van der Waals surface area contributed by atoms with Crippen LogP contribution in [0.5, 0.6) is 5.75 Å². The number of fused-ring (bicyclic) bond motifs is 1. The number of ether oxygens (including phenoxy) is 1. The van der Waals surface area contributed by atoms with Crippen LogP contribution in [0.1, 0.15) is 17.3 Å². The van der Waals surface area contributed by atoms with Gasteiger partial charge in [-0.25, -0.2) is 4.79 Å². The molecule has 4 aromatic rings. The molecule has 0 unspecified atom stereocenters. The van der Waals surface area contributed by atoms with Crippen LogP contribution in [0.3, 0.4) is 0 Å². The van der Waals surface area contributed by atoms with E-state index >= 15 is 0 Å². The Hall–Kier alpha value is -3.61. The summed E-state index contributed by atoms with van der Waals surface area (Å²) in [4.78, 5) is 16.3. The van der Waals surface area contributed by atoms with Crippen molar-refractivity contribution in [1.82, 2.24) is 14.7 Å². The van der Waals surface area contributed by atoms with Gasteiger partial charge in [-0.05, 0) is 35.9 Å². The van der Waals surface area contributed by atoms with Crippen LogP contribution >= 0.6 is 0 Å². The molecule has 0 amide bonds. The number of benzene rings is 2. The average molecular weight is 349 g/mol. The molecule has 2 aromatic heterocycles. The summed E-state index contributed by atoms with van der Waals surface area (Å²) in [6, 6.07) is 14.8. The number of oxazole rings is 1. The van der Waals surface area contributed by atoms with Gasteiger partial charge in [-0.2, -0.15) is 4.98 Å². The van der Waals surface area contributed by atoms with Gasteiger partial charge in [0.15, 0.2) is 11.4 Å². The molecule has 0 aliphatic rings. The molecule has 0 aliphatic heterocycles. The first kappa shape index (κ1) is 15.9. The quantitative estimate of drug-likeness (QED) is 0.550. The van der Waals surface area contributed by atoms with E-state index in [0.29, 0.717) is 22.8 Å². The third kappa shape index (κ3) is 3.14. The minimum absolute atomic E-state index is 0.176. The Balaban J connectivity index is 1.53. The number of hydrogen-bond donors (Lipinski definition) is 0. The number of aromatic nitrogens is 3. The van der Waals surface area contributed by atoms with E-state index in [1.54, 1.807) is 19.3 Å². The van der Waals surface area contributed by atoms with Gasteiger partial charge in [0.05, 0.1) is 19.2 Å². The van der Waals surface area contributed by atoms with Crippen LogP contribution in [0.4, 0.5) is 0 Å². The first-order valence-electron chi connectivity index (χ1n) is 7.96. The Kier molecular flexibility index (Phi) is 4.10. The predicted octanol–water partition coefficient (Wildman–Crippen LogP) is 3.20. The van der Waals surface area contributed by atoms with Crippen LogP contribution in [-0.2, 0) is 6.54 Å². The van der Waals surface area contributed by atoms with E-state index in [9.17, 15) is 4.79 Å². The van der Waals surface area contributed by atoms with E-state index in [-0.39, 0.29) is 6.54 Å². The maximum atomic E-state index is 12.0. The van der Waals surface area contributed by atoms with Gasteiger partial charge in [0.2, 0.25) is 0 Å². The maximum absolute atomic E-state index is 12.0. The highest BCUT2D eigenvalue weighted by atomic mass is 16.5. The topological polar surface area (TPSA) is 83.3 Å². The molecule has 0 bridgehead atoms. The lowest BCUT2D eigenvalue weighted by molar-refractivity contribution is 0.400. The van der Waals surface area contributed by atoms with Gasteiger partial charge < -0.3 is 13.7 Å². The molecule has 130 valence electrons. The molecule has 26 heavy (non-hydrogen) atoms. The van der Waals surface area contributed by atoms with Crippen molar-refractivity contribution in [1.29, 1.82) is 0 Å². The van der Waals surface area contributed by atoms with Crippen molar-refractivity contribution in [3.05, 3.63) is 76.4 Å². The summed E-state index contributed by atoms with van der Waals surface area (Å²) in [5.74, 6) is 1.09. The molecule has 0 saturated heterocycles.